The van der Waals surface area contributed by atoms with Crippen molar-refractivity contribution in [3.63, 3.8) is 0 Å². The number of halogens is 3. The number of carbonyl (C=O) groups is 1. The van der Waals surface area contributed by atoms with Gasteiger partial charge in [-0.1, -0.05) is 58.6 Å². The second-order valence-electron chi connectivity index (χ2n) is 6.06. The lowest BCUT2D eigenvalue weighted by atomic mass is 9.92. The molecule has 0 bridgehead atoms. The summed E-state index contributed by atoms with van der Waals surface area (Å²) in [6, 6.07) is 5.02. The Hall–Kier alpha value is -0.570. The standard InChI is InChI=1S/C16H18Cl2IN3O2/c17-9-5-6-13(10(18)7-9)22-15(19)8-12(21-22)16(24)20-11-3-1-2-4-14(11)23/h5-7,11,14-15,23H,1-4,8H2,(H,20,24)/t11-,14-,15-/m0/s1. The molecule has 0 unspecified atom stereocenters. The predicted molar refractivity (Wildman–Crippen MR) is 105 cm³/mol. The highest BCUT2D eigenvalue weighted by Crippen LogP contribution is 2.35. The minimum Gasteiger partial charge on any atom is -0.391 e. The summed E-state index contributed by atoms with van der Waals surface area (Å²) in [6.45, 7) is 0. The van der Waals surface area contributed by atoms with Crippen molar-refractivity contribution in [1.29, 1.82) is 0 Å². The van der Waals surface area contributed by atoms with Crippen molar-refractivity contribution in [2.45, 2.75) is 48.3 Å². The zero-order chi connectivity index (χ0) is 17.3. The van der Waals surface area contributed by atoms with Gasteiger partial charge in [0.2, 0.25) is 0 Å². The minimum absolute atomic E-state index is 0.00157. The maximum absolute atomic E-state index is 12.5. The summed E-state index contributed by atoms with van der Waals surface area (Å²) in [5.74, 6) is -0.213. The minimum atomic E-state index is -0.470. The van der Waals surface area contributed by atoms with E-state index in [9.17, 15) is 9.90 Å². The highest BCUT2D eigenvalue weighted by molar-refractivity contribution is 14.1. The Morgan fingerprint density at radius 1 is 1.33 bits per heavy atom. The molecule has 1 aliphatic heterocycles. The Kier molecular flexibility index (Phi) is 5.89. The van der Waals surface area contributed by atoms with Crippen molar-refractivity contribution in [1.82, 2.24) is 5.32 Å². The molecule has 1 fully saturated rings. The van der Waals surface area contributed by atoms with Gasteiger partial charge < -0.3 is 10.4 Å². The van der Waals surface area contributed by atoms with E-state index in [4.69, 9.17) is 23.2 Å². The van der Waals surface area contributed by atoms with Crippen molar-refractivity contribution in [2.24, 2.45) is 5.10 Å². The van der Waals surface area contributed by atoms with E-state index in [2.05, 4.69) is 33.0 Å². The van der Waals surface area contributed by atoms with Crippen LogP contribution in [0.1, 0.15) is 32.1 Å². The molecule has 2 aliphatic rings. The first-order valence-electron chi connectivity index (χ1n) is 7.90. The number of hydrogen-bond acceptors (Lipinski definition) is 4. The molecular weight excluding hydrogens is 464 g/mol. The zero-order valence-corrected chi connectivity index (χ0v) is 16.6. The van der Waals surface area contributed by atoms with Crippen LogP contribution >= 0.6 is 45.8 Å². The van der Waals surface area contributed by atoms with Crippen molar-refractivity contribution >= 4 is 63.1 Å². The first kappa shape index (κ1) is 18.2. The Bertz CT molecular complexity index is 671. The van der Waals surface area contributed by atoms with Gasteiger partial charge in [0.15, 0.2) is 0 Å². The fourth-order valence-electron chi connectivity index (χ4n) is 3.02. The van der Waals surface area contributed by atoms with Crippen LogP contribution in [0, 0.1) is 0 Å². The quantitative estimate of drug-likeness (QED) is 0.392. The number of benzene rings is 1. The number of alkyl halides is 1. The number of amides is 1. The number of aliphatic hydroxyl groups is 1. The van der Waals surface area contributed by atoms with Gasteiger partial charge in [-0.2, -0.15) is 5.10 Å². The monoisotopic (exact) mass is 481 g/mol. The molecule has 3 atom stereocenters. The summed E-state index contributed by atoms with van der Waals surface area (Å²) in [6.07, 6.45) is 3.62. The number of anilines is 1. The third-order valence-corrected chi connectivity index (χ3v) is 5.83. The van der Waals surface area contributed by atoms with E-state index in [1.54, 1.807) is 23.2 Å². The van der Waals surface area contributed by atoms with Gasteiger partial charge in [0.05, 0.1) is 22.9 Å². The molecule has 24 heavy (non-hydrogen) atoms. The Morgan fingerprint density at radius 2 is 2.08 bits per heavy atom. The second kappa shape index (κ2) is 7.76. The zero-order valence-electron chi connectivity index (χ0n) is 12.9. The highest BCUT2D eigenvalue weighted by atomic mass is 127. The Morgan fingerprint density at radius 3 is 2.79 bits per heavy atom. The lowest BCUT2D eigenvalue weighted by molar-refractivity contribution is -0.116. The SMILES string of the molecule is O=C(N[C@H]1CCCC[C@@H]1O)C1=NN(c2ccc(Cl)cc2Cl)[C@H](I)C1. The van der Waals surface area contributed by atoms with Gasteiger partial charge in [-0.25, -0.2) is 0 Å². The topological polar surface area (TPSA) is 64.9 Å². The second-order valence-corrected chi connectivity index (χ2v) is 8.34. The molecule has 0 saturated heterocycles. The molecule has 5 nitrogen and oxygen atoms in total. The number of carbonyl (C=O) groups excluding carboxylic acids is 1. The maximum atomic E-state index is 12.5. The van der Waals surface area contributed by atoms with E-state index < -0.39 is 6.10 Å². The van der Waals surface area contributed by atoms with Crippen LogP contribution in [-0.4, -0.2) is 32.9 Å². The molecule has 0 spiro atoms. The van der Waals surface area contributed by atoms with E-state index in [-0.39, 0.29) is 16.0 Å². The van der Waals surface area contributed by atoms with Crippen LogP contribution in [0.15, 0.2) is 23.3 Å². The molecular formula is C16H18Cl2IN3O2. The molecule has 130 valence electrons. The molecule has 1 aliphatic carbocycles. The van der Waals surface area contributed by atoms with E-state index in [1.165, 1.54) is 0 Å². The average molecular weight is 482 g/mol. The van der Waals surface area contributed by atoms with Crippen LogP contribution < -0.4 is 10.3 Å². The fraction of sp³-hybridized carbons (Fsp3) is 0.500. The van der Waals surface area contributed by atoms with Crippen LogP contribution in [0.2, 0.25) is 10.0 Å². The van der Waals surface area contributed by atoms with E-state index in [0.29, 0.717) is 22.2 Å². The van der Waals surface area contributed by atoms with Crippen molar-refractivity contribution in [3.05, 3.63) is 28.2 Å². The number of hydrazone groups is 1. The fourth-order valence-corrected chi connectivity index (χ4v) is 4.36. The lowest BCUT2D eigenvalue weighted by Gasteiger charge is -2.28. The number of nitrogens with zero attached hydrogens (tertiary/aromatic N) is 2. The van der Waals surface area contributed by atoms with E-state index >= 15 is 0 Å². The molecule has 1 aromatic rings. The van der Waals surface area contributed by atoms with E-state index in [1.807, 2.05) is 0 Å². The van der Waals surface area contributed by atoms with Gasteiger partial charge >= 0.3 is 0 Å². The molecule has 1 aromatic carbocycles. The van der Waals surface area contributed by atoms with Crippen LogP contribution in [-0.2, 0) is 4.79 Å². The number of aliphatic hydroxyl groups excluding tert-OH is 1. The summed E-state index contributed by atoms with van der Waals surface area (Å²) >= 11 is 14.4. The highest BCUT2D eigenvalue weighted by Gasteiger charge is 2.32. The van der Waals surface area contributed by atoms with Crippen molar-refractivity contribution in [3.8, 4) is 0 Å². The summed E-state index contributed by atoms with van der Waals surface area (Å²) in [5.41, 5.74) is 1.18. The van der Waals surface area contributed by atoms with Crippen molar-refractivity contribution < 1.29 is 9.90 Å². The first-order valence-corrected chi connectivity index (χ1v) is 9.90. The third-order valence-electron chi connectivity index (χ3n) is 4.32. The predicted octanol–water partition coefficient (Wildman–Crippen LogP) is 3.74. The van der Waals surface area contributed by atoms with Gasteiger partial charge in [-0.05, 0) is 31.0 Å². The normalized spacial score (nSPS) is 27.1. The van der Waals surface area contributed by atoms with Gasteiger partial charge in [0.25, 0.3) is 5.91 Å². The van der Waals surface area contributed by atoms with Crippen LogP contribution in [0.25, 0.3) is 0 Å². The molecule has 1 amide bonds. The molecule has 1 saturated carbocycles. The van der Waals surface area contributed by atoms with Gasteiger partial charge in [-0.15, -0.1) is 0 Å². The first-order chi connectivity index (χ1) is 11.5. The lowest BCUT2D eigenvalue weighted by Crippen LogP contribution is -2.47. The maximum Gasteiger partial charge on any atom is 0.267 e. The summed E-state index contributed by atoms with van der Waals surface area (Å²) < 4.78 is -0.00157. The number of rotatable bonds is 3. The smallest absolute Gasteiger partial charge is 0.267 e. The van der Waals surface area contributed by atoms with Gasteiger partial charge in [-0.3, -0.25) is 9.80 Å². The number of nitrogens with one attached hydrogen (secondary N) is 1. The molecule has 1 heterocycles. The summed E-state index contributed by atoms with van der Waals surface area (Å²) in [5, 5.41) is 20.2. The van der Waals surface area contributed by atoms with Gasteiger partial charge in [0.1, 0.15) is 9.76 Å². The van der Waals surface area contributed by atoms with Crippen LogP contribution in [0.5, 0.6) is 0 Å². The van der Waals surface area contributed by atoms with Crippen molar-refractivity contribution in [2.75, 3.05) is 5.01 Å². The number of hydrogen-bond donors (Lipinski definition) is 2. The average Bonchev–Trinajstić information content (AvgIpc) is 2.91. The molecule has 2 N–H and O–H groups in total. The Labute approximate surface area is 164 Å². The molecule has 0 radical (unpaired) electrons. The Balaban J connectivity index is 1.73. The summed E-state index contributed by atoms with van der Waals surface area (Å²) in [7, 11) is 0. The third kappa shape index (κ3) is 3.98. The van der Waals surface area contributed by atoms with Gasteiger partial charge in [0, 0.05) is 11.4 Å². The largest absolute Gasteiger partial charge is 0.391 e. The molecule has 0 aromatic heterocycles. The molecule has 8 heteroatoms. The van der Waals surface area contributed by atoms with E-state index in [0.717, 1.165) is 31.4 Å². The molecule has 3 rings (SSSR count). The van der Waals surface area contributed by atoms with Crippen LogP contribution in [0.4, 0.5) is 5.69 Å². The summed E-state index contributed by atoms with van der Waals surface area (Å²) in [4.78, 5) is 12.5. The van der Waals surface area contributed by atoms with Crippen LogP contribution in [0.3, 0.4) is 0 Å².